The molecule has 0 spiro atoms. The number of rotatable bonds is 8. The highest BCUT2D eigenvalue weighted by Gasteiger charge is 2.17. The molecule has 0 aliphatic carbocycles. The van der Waals surface area contributed by atoms with Gasteiger partial charge in [0, 0.05) is 18.2 Å². The van der Waals surface area contributed by atoms with Gasteiger partial charge in [0.15, 0.2) is 0 Å². The molecule has 0 heterocycles. The highest BCUT2D eigenvalue weighted by atomic mass is 35.5. The van der Waals surface area contributed by atoms with Gasteiger partial charge in [0.05, 0.1) is 11.6 Å². The first-order chi connectivity index (χ1) is 11.0. The predicted molar refractivity (Wildman–Crippen MR) is 92.4 cm³/mol. The average Bonchev–Trinajstić information content (AvgIpc) is 2.54. The topological polar surface area (TPSA) is 55.4 Å². The number of hydrogen-bond acceptors (Lipinski definition) is 3. The van der Waals surface area contributed by atoms with E-state index in [-0.39, 0.29) is 16.5 Å². The molecule has 1 N–H and O–H groups in total. The fraction of sp³-hybridized carbons (Fsp3) is 0.250. The Morgan fingerprint density at radius 1 is 1.04 bits per heavy atom. The summed E-state index contributed by atoms with van der Waals surface area (Å²) in [5.41, 5.74) is 1.08. The van der Waals surface area contributed by atoms with Gasteiger partial charge in [-0.2, -0.15) is 0 Å². The van der Waals surface area contributed by atoms with Crippen LogP contribution < -0.4 is 4.72 Å². The first kappa shape index (κ1) is 18.2. The van der Waals surface area contributed by atoms with Gasteiger partial charge in [-0.3, -0.25) is 0 Å². The molecule has 4 nitrogen and oxygen atoms in total. The molecule has 2 rings (SSSR count). The van der Waals surface area contributed by atoms with E-state index in [1.165, 1.54) is 12.1 Å². The second kappa shape index (κ2) is 8.66. The molecule has 0 unspecified atom stereocenters. The van der Waals surface area contributed by atoms with Gasteiger partial charge in [-0.1, -0.05) is 53.5 Å². The third kappa shape index (κ3) is 5.79. The van der Waals surface area contributed by atoms with E-state index in [1.54, 1.807) is 6.07 Å². The zero-order valence-electron chi connectivity index (χ0n) is 12.3. The molecular formula is C16H17Cl2NO3S. The molecule has 23 heavy (non-hydrogen) atoms. The van der Waals surface area contributed by atoms with Crippen LogP contribution in [-0.4, -0.2) is 21.6 Å². The van der Waals surface area contributed by atoms with Gasteiger partial charge in [0.25, 0.3) is 0 Å². The monoisotopic (exact) mass is 373 g/mol. The minimum Gasteiger partial charge on any atom is -0.377 e. The van der Waals surface area contributed by atoms with Crippen LogP contribution in [-0.2, 0) is 21.4 Å². The van der Waals surface area contributed by atoms with Crippen molar-refractivity contribution in [2.75, 3.05) is 13.2 Å². The Labute approximate surface area is 146 Å². The van der Waals surface area contributed by atoms with Crippen molar-refractivity contribution in [3.8, 4) is 0 Å². The van der Waals surface area contributed by atoms with E-state index in [4.69, 9.17) is 27.9 Å². The van der Waals surface area contributed by atoms with Gasteiger partial charge in [-0.15, -0.1) is 0 Å². The number of hydrogen-bond donors (Lipinski definition) is 1. The second-order valence-electron chi connectivity index (χ2n) is 4.86. The lowest BCUT2D eigenvalue weighted by Gasteiger charge is -2.09. The lowest BCUT2D eigenvalue weighted by Crippen LogP contribution is -2.25. The van der Waals surface area contributed by atoms with E-state index in [1.807, 2.05) is 30.3 Å². The van der Waals surface area contributed by atoms with Crippen LogP contribution in [0.1, 0.15) is 12.0 Å². The van der Waals surface area contributed by atoms with Crippen molar-refractivity contribution in [2.45, 2.75) is 17.9 Å². The van der Waals surface area contributed by atoms with Crippen molar-refractivity contribution in [2.24, 2.45) is 0 Å². The molecule has 0 fully saturated rings. The van der Waals surface area contributed by atoms with Gasteiger partial charge in [0.1, 0.15) is 4.90 Å². The van der Waals surface area contributed by atoms with E-state index in [0.29, 0.717) is 24.7 Å². The maximum Gasteiger partial charge on any atom is 0.242 e. The molecule has 0 saturated heterocycles. The quantitative estimate of drug-likeness (QED) is 0.714. The molecule has 0 atom stereocenters. The maximum absolute atomic E-state index is 12.2. The largest absolute Gasteiger partial charge is 0.377 e. The summed E-state index contributed by atoms with van der Waals surface area (Å²) in [6.45, 7) is 1.23. The molecule has 0 radical (unpaired) electrons. The second-order valence-corrected chi connectivity index (χ2v) is 7.44. The summed E-state index contributed by atoms with van der Waals surface area (Å²) in [4.78, 5) is -0.0168. The molecule has 2 aromatic carbocycles. The van der Waals surface area contributed by atoms with Crippen molar-refractivity contribution >= 4 is 33.2 Å². The number of ether oxygens (including phenoxy) is 1. The minimum absolute atomic E-state index is 0.0168. The van der Waals surface area contributed by atoms with Crippen molar-refractivity contribution in [1.29, 1.82) is 0 Å². The first-order valence-corrected chi connectivity index (χ1v) is 9.29. The fourth-order valence-electron chi connectivity index (χ4n) is 1.91. The van der Waals surface area contributed by atoms with Crippen LogP contribution >= 0.6 is 23.2 Å². The van der Waals surface area contributed by atoms with Crippen LogP contribution in [0.3, 0.4) is 0 Å². The molecular weight excluding hydrogens is 357 g/mol. The van der Waals surface area contributed by atoms with Crippen LogP contribution in [0.5, 0.6) is 0 Å². The third-order valence-electron chi connectivity index (χ3n) is 3.05. The highest BCUT2D eigenvalue weighted by Crippen LogP contribution is 2.24. The van der Waals surface area contributed by atoms with Crippen molar-refractivity contribution in [3.63, 3.8) is 0 Å². The number of halogens is 2. The van der Waals surface area contributed by atoms with Crippen LogP contribution in [0.2, 0.25) is 10.0 Å². The predicted octanol–water partition coefficient (Wildman–Crippen LogP) is 3.88. The first-order valence-electron chi connectivity index (χ1n) is 7.05. The van der Waals surface area contributed by atoms with E-state index < -0.39 is 10.0 Å². The molecule has 0 bridgehead atoms. The van der Waals surface area contributed by atoms with Gasteiger partial charge in [0.2, 0.25) is 10.0 Å². The van der Waals surface area contributed by atoms with Gasteiger partial charge >= 0.3 is 0 Å². The fourth-order valence-corrected chi connectivity index (χ4v) is 3.74. The van der Waals surface area contributed by atoms with Crippen LogP contribution in [0, 0.1) is 0 Å². The zero-order chi connectivity index (χ0) is 16.7. The molecule has 124 valence electrons. The SMILES string of the molecule is O=S(=O)(NCCCOCc1ccccc1)c1cc(Cl)ccc1Cl. The smallest absolute Gasteiger partial charge is 0.242 e. The van der Waals surface area contributed by atoms with Crippen molar-refractivity contribution in [3.05, 3.63) is 64.1 Å². The van der Waals surface area contributed by atoms with E-state index in [2.05, 4.69) is 4.72 Å². The van der Waals surface area contributed by atoms with Gasteiger partial charge in [-0.05, 0) is 30.2 Å². The molecule has 0 amide bonds. The Morgan fingerprint density at radius 2 is 1.78 bits per heavy atom. The maximum atomic E-state index is 12.2. The highest BCUT2D eigenvalue weighted by molar-refractivity contribution is 7.89. The van der Waals surface area contributed by atoms with Crippen molar-refractivity contribution in [1.82, 2.24) is 4.72 Å². The molecule has 2 aromatic rings. The van der Waals surface area contributed by atoms with Gasteiger partial charge in [-0.25, -0.2) is 13.1 Å². The Bertz CT molecular complexity index is 736. The van der Waals surface area contributed by atoms with E-state index in [0.717, 1.165) is 5.56 Å². The summed E-state index contributed by atoms with van der Waals surface area (Å²) in [5.74, 6) is 0. The summed E-state index contributed by atoms with van der Waals surface area (Å²) >= 11 is 11.7. The number of nitrogens with one attached hydrogen (secondary N) is 1. The summed E-state index contributed by atoms with van der Waals surface area (Å²) < 4.78 is 32.3. The van der Waals surface area contributed by atoms with Crippen molar-refractivity contribution < 1.29 is 13.2 Å². The standard InChI is InChI=1S/C16H17Cl2NO3S/c17-14-7-8-15(18)16(11-14)23(20,21)19-9-4-10-22-12-13-5-2-1-3-6-13/h1-3,5-8,11,19H,4,9-10,12H2. The normalized spacial score (nSPS) is 11.6. The van der Waals surface area contributed by atoms with Crippen LogP contribution in [0.25, 0.3) is 0 Å². The lowest BCUT2D eigenvalue weighted by atomic mass is 10.2. The summed E-state index contributed by atoms with van der Waals surface area (Å²) in [6, 6.07) is 14.1. The minimum atomic E-state index is -3.67. The number of sulfonamides is 1. The van der Waals surface area contributed by atoms with E-state index >= 15 is 0 Å². The zero-order valence-corrected chi connectivity index (χ0v) is 14.7. The van der Waals surface area contributed by atoms with Crippen LogP contribution in [0.4, 0.5) is 0 Å². The van der Waals surface area contributed by atoms with E-state index in [9.17, 15) is 8.42 Å². The molecule has 0 saturated carbocycles. The molecule has 0 aliphatic rings. The van der Waals surface area contributed by atoms with Crippen LogP contribution in [0.15, 0.2) is 53.4 Å². The molecule has 0 aliphatic heterocycles. The Balaban J connectivity index is 1.76. The Morgan fingerprint density at radius 3 is 2.52 bits per heavy atom. The van der Waals surface area contributed by atoms with Gasteiger partial charge < -0.3 is 4.74 Å². The third-order valence-corrected chi connectivity index (χ3v) is 5.23. The molecule has 0 aromatic heterocycles. The average molecular weight is 374 g/mol. The summed E-state index contributed by atoms with van der Waals surface area (Å²) in [5, 5.41) is 0.461. The summed E-state index contributed by atoms with van der Waals surface area (Å²) in [6.07, 6.45) is 0.560. The molecule has 7 heteroatoms. The number of benzene rings is 2. The Hall–Kier alpha value is -1.11. The Kier molecular flexibility index (Phi) is 6.87. The summed E-state index contributed by atoms with van der Waals surface area (Å²) in [7, 11) is -3.67. The lowest BCUT2D eigenvalue weighted by molar-refractivity contribution is 0.119.